The summed E-state index contributed by atoms with van der Waals surface area (Å²) in [5.41, 5.74) is 0. The Bertz CT molecular complexity index is 4.85. The molecule has 0 atom stereocenters. The Morgan fingerprint density at radius 1 is 0.400 bits per heavy atom. The van der Waals surface area contributed by atoms with Gasteiger partial charge in [0.2, 0.25) is 0 Å². The van der Waals surface area contributed by atoms with Crippen LogP contribution in [0.25, 0.3) is 0 Å². The molecule has 0 aromatic heterocycles. The van der Waals surface area contributed by atoms with Gasteiger partial charge >= 0.3 is 97.8 Å². The third-order valence-electron chi connectivity index (χ3n) is 0. The predicted octanol–water partition coefficient (Wildman–Crippen LogP) is -4.31. The van der Waals surface area contributed by atoms with E-state index in [4.69, 9.17) is 0 Å². The Labute approximate surface area is 111 Å². The molecule has 0 unspecified atom stereocenters. The molecule has 5 heavy (non-hydrogen) atoms. The normalized spacial score (nSPS) is 0. The Balaban J connectivity index is 0. The number of hydrogen-bond donors (Lipinski definition) is 0. The fraction of sp³-hybridized carbons (Fsp3) is 0. The molecule has 0 aromatic carbocycles. The molecule has 3 nitrogen and oxygen atoms in total. The molecule has 0 saturated carbocycles. The fourth-order valence-electron chi connectivity index (χ4n) is 0. The molecule has 0 bridgehead atoms. The van der Waals surface area contributed by atoms with Crippen LogP contribution < -0.4 is 0 Å². The van der Waals surface area contributed by atoms with E-state index in [2.05, 4.69) is 0 Å². The summed E-state index contributed by atoms with van der Waals surface area (Å²) in [5.74, 6) is 0. The monoisotopic (exact) mass is 334 g/mol. The van der Waals surface area contributed by atoms with Crippen molar-refractivity contribution in [2.75, 3.05) is 0 Å². The van der Waals surface area contributed by atoms with Crippen LogP contribution >= 0.6 is 0 Å². The minimum absolute atomic E-state index is 0. The van der Waals surface area contributed by atoms with Gasteiger partial charge in [-0.3, -0.25) is 0 Å². The van der Waals surface area contributed by atoms with E-state index in [9.17, 15) is 0 Å². The summed E-state index contributed by atoms with van der Waals surface area (Å²) in [6.07, 6.45) is 0. The second-order valence-electron chi connectivity index (χ2n) is 0. The molecule has 32 valence electrons. The van der Waals surface area contributed by atoms with Gasteiger partial charge in [0.05, 0.1) is 0 Å². The van der Waals surface area contributed by atoms with Crippen LogP contribution in [0.5, 0.6) is 0 Å². The minimum atomic E-state index is 0. The first-order chi connectivity index (χ1) is 0. The average Bonchev–Trinajstić information content (AvgIpc) is 0. The van der Waals surface area contributed by atoms with E-state index in [1.165, 1.54) is 0 Å². The van der Waals surface area contributed by atoms with Gasteiger partial charge in [0.1, 0.15) is 0 Å². The van der Waals surface area contributed by atoms with Crippen molar-refractivity contribution < 1.29 is 16.4 Å². The van der Waals surface area contributed by atoms with E-state index < -0.39 is 0 Å². The van der Waals surface area contributed by atoms with Crippen molar-refractivity contribution in [3.63, 3.8) is 0 Å². The van der Waals surface area contributed by atoms with E-state index in [-0.39, 0.29) is 114 Å². The summed E-state index contributed by atoms with van der Waals surface area (Å²) in [4.78, 5) is 0. The van der Waals surface area contributed by atoms with Crippen molar-refractivity contribution in [3.8, 4) is 0 Å². The first-order valence-electron chi connectivity index (χ1n) is 0. The van der Waals surface area contributed by atoms with Gasteiger partial charge in [0.25, 0.3) is 0 Å². The Kier molecular flexibility index (Phi) is 241. The third kappa shape index (κ3) is 19.4. The summed E-state index contributed by atoms with van der Waals surface area (Å²) in [5, 5.41) is 0. The van der Waals surface area contributed by atoms with E-state index in [1.807, 2.05) is 0 Å². The SMILES string of the molecule is O.O.O.[BaH2].[BaH2]. The first kappa shape index (κ1) is 43.3. The maximum atomic E-state index is 0. The van der Waals surface area contributed by atoms with Crippen molar-refractivity contribution in [2.24, 2.45) is 0 Å². The van der Waals surface area contributed by atoms with Gasteiger partial charge in [-0.25, -0.2) is 0 Å². The van der Waals surface area contributed by atoms with Gasteiger partial charge < -0.3 is 16.4 Å². The summed E-state index contributed by atoms with van der Waals surface area (Å²) < 4.78 is 0. The quantitative estimate of drug-likeness (QED) is 0.401. The molecule has 5 heteroatoms. The van der Waals surface area contributed by atoms with Crippen LogP contribution in [0.2, 0.25) is 0 Å². The van der Waals surface area contributed by atoms with Crippen LogP contribution in [0.15, 0.2) is 0 Å². The molecule has 6 N–H and O–H groups in total. The molecule has 0 heterocycles. The molecule has 0 fully saturated rings. The molecule has 0 rings (SSSR count). The summed E-state index contributed by atoms with van der Waals surface area (Å²) in [6, 6.07) is 0. The van der Waals surface area contributed by atoms with Gasteiger partial charge in [-0.1, -0.05) is 0 Å². The van der Waals surface area contributed by atoms with Gasteiger partial charge in [-0.2, -0.15) is 0 Å². The van der Waals surface area contributed by atoms with Crippen molar-refractivity contribution in [1.29, 1.82) is 0 Å². The zero-order chi connectivity index (χ0) is 0. The summed E-state index contributed by atoms with van der Waals surface area (Å²) in [7, 11) is 0. The van der Waals surface area contributed by atoms with E-state index in [0.717, 1.165) is 0 Å². The topological polar surface area (TPSA) is 94.5 Å². The summed E-state index contributed by atoms with van der Waals surface area (Å²) >= 11 is 0. The fourth-order valence-corrected chi connectivity index (χ4v) is 0. The van der Waals surface area contributed by atoms with Gasteiger partial charge in [0, 0.05) is 0 Å². The van der Waals surface area contributed by atoms with E-state index >= 15 is 0 Å². The standard InChI is InChI=1S/2Ba.3H2O.4H/h;;3*1H2;;;;. The first-order valence-corrected chi connectivity index (χ1v) is 0. The van der Waals surface area contributed by atoms with Gasteiger partial charge in [0.15, 0.2) is 0 Å². The number of hydrogen-bond acceptors (Lipinski definition) is 0. The van der Waals surface area contributed by atoms with Crippen LogP contribution in [-0.4, -0.2) is 114 Å². The maximum absolute atomic E-state index is 0. The molecule has 0 amide bonds. The van der Waals surface area contributed by atoms with Crippen molar-refractivity contribution in [2.45, 2.75) is 0 Å². The third-order valence-corrected chi connectivity index (χ3v) is 0. The average molecular weight is 333 g/mol. The predicted molar refractivity (Wildman–Crippen MR) is 27.9 cm³/mol. The van der Waals surface area contributed by atoms with Crippen molar-refractivity contribution in [1.82, 2.24) is 0 Å². The van der Waals surface area contributed by atoms with Gasteiger partial charge in [-0.15, -0.1) is 0 Å². The summed E-state index contributed by atoms with van der Waals surface area (Å²) in [6.45, 7) is 0. The van der Waals surface area contributed by atoms with Crippen LogP contribution in [-0.2, 0) is 0 Å². The Morgan fingerprint density at radius 3 is 0.400 bits per heavy atom. The molecular weight excluding hydrogens is 323 g/mol. The molecule has 0 radical (unpaired) electrons. The van der Waals surface area contributed by atoms with E-state index in [1.54, 1.807) is 0 Å². The zero-order valence-electron chi connectivity index (χ0n) is 1.50. The molecular formula is H10Ba2O3. The molecule has 0 aliphatic carbocycles. The Hall–Kier alpha value is 3.02. The molecule has 0 spiro atoms. The van der Waals surface area contributed by atoms with Crippen LogP contribution in [0, 0.1) is 0 Å². The molecule has 0 aromatic rings. The molecule has 0 aliphatic heterocycles. The van der Waals surface area contributed by atoms with Crippen LogP contribution in [0.3, 0.4) is 0 Å². The second-order valence-corrected chi connectivity index (χ2v) is 0. The Morgan fingerprint density at radius 2 is 0.400 bits per heavy atom. The molecule has 0 saturated heterocycles. The van der Waals surface area contributed by atoms with Crippen molar-refractivity contribution in [3.05, 3.63) is 0 Å². The van der Waals surface area contributed by atoms with Crippen LogP contribution in [0.1, 0.15) is 0 Å². The molecule has 0 aliphatic rings. The zero-order valence-corrected chi connectivity index (χ0v) is 1.50. The van der Waals surface area contributed by atoms with Crippen LogP contribution in [0.4, 0.5) is 0 Å². The second kappa shape index (κ2) is 27.9. The van der Waals surface area contributed by atoms with Gasteiger partial charge in [-0.05, 0) is 0 Å². The van der Waals surface area contributed by atoms with E-state index in [0.29, 0.717) is 0 Å². The number of rotatable bonds is 0. The van der Waals surface area contributed by atoms with Crippen molar-refractivity contribution >= 4 is 97.8 Å².